The Labute approximate surface area is 124 Å². The Hall–Kier alpha value is -1.74. The molecule has 4 heterocycles. The molecule has 116 valence electrons. The standard InChI is InChI=1S/C11H12FN5O4P/c12-11-15-8(13)6-9(16-11)17(3-14-6)10-7(18)4-2-22(19)20-1-5(4)21-10/h3-5,7,10,18H,1-2H2,(H2,13,15,16)/q+1/t4-,5-,7+,10-/m1/s1. The summed E-state index contributed by atoms with van der Waals surface area (Å²) in [6.45, 7) is 0.144. The summed E-state index contributed by atoms with van der Waals surface area (Å²) < 4.78 is 37.1. The van der Waals surface area contributed by atoms with Gasteiger partial charge in [-0.05, 0) is 4.57 Å². The van der Waals surface area contributed by atoms with Crippen LogP contribution in [0.5, 0.6) is 0 Å². The van der Waals surface area contributed by atoms with Crippen LogP contribution in [0.3, 0.4) is 0 Å². The molecule has 0 saturated carbocycles. The summed E-state index contributed by atoms with van der Waals surface area (Å²) in [6, 6.07) is 0. The number of nitrogens with two attached hydrogens (primary N) is 1. The van der Waals surface area contributed by atoms with E-state index < -0.39 is 26.4 Å². The molecule has 4 rings (SSSR count). The van der Waals surface area contributed by atoms with E-state index >= 15 is 0 Å². The predicted octanol–water partition coefficient (Wildman–Crippen LogP) is 0.195. The molecule has 2 fully saturated rings. The van der Waals surface area contributed by atoms with Gasteiger partial charge in [0.15, 0.2) is 29.4 Å². The summed E-state index contributed by atoms with van der Waals surface area (Å²) in [5, 5.41) is 10.4. The van der Waals surface area contributed by atoms with E-state index in [-0.39, 0.29) is 41.8 Å². The van der Waals surface area contributed by atoms with Crippen LogP contribution in [0.15, 0.2) is 6.33 Å². The molecule has 2 aromatic rings. The van der Waals surface area contributed by atoms with Gasteiger partial charge < -0.3 is 15.6 Å². The highest BCUT2D eigenvalue weighted by molar-refractivity contribution is 7.39. The lowest BCUT2D eigenvalue weighted by Crippen LogP contribution is -2.33. The molecule has 11 heteroatoms. The minimum atomic E-state index is -1.79. The predicted molar refractivity (Wildman–Crippen MR) is 71.5 cm³/mol. The summed E-state index contributed by atoms with van der Waals surface area (Å²) in [5.74, 6) is -0.401. The molecule has 0 radical (unpaired) electrons. The smallest absolute Gasteiger partial charge is 0.388 e. The first-order chi connectivity index (χ1) is 10.5. The number of hydrogen-bond acceptors (Lipinski definition) is 8. The quantitative estimate of drug-likeness (QED) is 0.561. The topological polar surface area (TPSA) is 125 Å². The van der Waals surface area contributed by atoms with Gasteiger partial charge in [-0.2, -0.15) is 14.4 Å². The van der Waals surface area contributed by atoms with Gasteiger partial charge in [0, 0.05) is 0 Å². The van der Waals surface area contributed by atoms with Crippen molar-refractivity contribution >= 4 is 25.0 Å². The Balaban J connectivity index is 1.75. The van der Waals surface area contributed by atoms with Gasteiger partial charge in [-0.15, -0.1) is 4.52 Å². The average molecular weight is 328 g/mol. The molecule has 2 saturated heterocycles. The maximum atomic E-state index is 13.4. The third kappa shape index (κ3) is 1.99. The van der Waals surface area contributed by atoms with Gasteiger partial charge in [-0.1, -0.05) is 0 Å². The Kier molecular flexibility index (Phi) is 3.08. The summed E-state index contributed by atoms with van der Waals surface area (Å²) in [5.41, 5.74) is 5.98. The van der Waals surface area contributed by atoms with Gasteiger partial charge in [-0.3, -0.25) is 4.57 Å². The molecule has 2 aliphatic heterocycles. The van der Waals surface area contributed by atoms with E-state index in [0.29, 0.717) is 0 Å². The van der Waals surface area contributed by atoms with Crippen LogP contribution in [0, 0.1) is 12.0 Å². The van der Waals surface area contributed by atoms with Crippen molar-refractivity contribution in [1.82, 2.24) is 19.5 Å². The van der Waals surface area contributed by atoms with Crippen molar-refractivity contribution in [2.75, 3.05) is 18.5 Å². The minimum absolute atomic E-state index is 0.0856. The molecule has 2 aliphatic rings. The van der Waals surface area contributed by atoms with Crippen LogP contribution in [-0.2, 0) is 13.8 Å². The highest BCUT2D eigenvalue weighted by atomic mass is 31.1. The summed E-state index contributed by atoms with van der Waals surface area (Å²) >= 11 is 0. The van der Waals surface area contributed by atoms with E-state index in [9.17, 15) is 14.1 Å². The summed E-state index contributed by atoms with van der Waals surface area (Å²) in [6.07, 6.45) is -1.53. The largest absolute Gasteiger partial charge is 0.508 e. The Morgan fingerprint density at radius 3 is 3.14 bits per heavy atom. The van der Waals surface area contributed by atoms with Crippen LogP contribution in [0.2, 0.25) is 0 Å². The lowest BCUT2D eigenvalue weighted by molar-refractivity contribution is -0.0462. The Morgan fingerprint density at radius 2 is 2.32 bits per heavy atom. The Morgan fingerprint density at radius 1 is 1.50 bits per heavy atom. The molecule has 0 bridgehead atoms. The number of rotatable bonds is 1. The first-order valence-corrected chi connectivity index (χ1v) is 7.97. The number of aliphatic hydroxyl groups is 1. The third-order valence-electron chi connectivity index (χ3n) is 3.96. The molecule has 0 aromatic carbocycles. The van der Waals surface area contributed by atoms with Crippen LogP contribution in [0.1, 0.15) is 6.23 Å². The molecular weight excluding hydrogens is 316 g/mol. The zero-order chi connectivity index (χ0) is 15.4. The van der Waals surface area contributed by atoms with Gasteiger partial charge in [0.2, 0.25) is 0 Å². The number of aromatic nitrogens is 4. The van der Waals surface area contributed by atoms with Crippen molar-refractivity contribution in [2.45, 2.75) is 18.4 Å². The van der Waals surface area contributed by atoms with Gasteiger partial charge in [0.25, 0.3) is 0 Å². The van der Waals surface area contributed by atoms with Crippen LogP contribution < -0.4 is 5.73 Å². The fourth-order valence-electron chi connectivity index (χ4n) is 2.89. The van der Waals surface area contributed by atoms with Gasteiger partial charge >= 0.3 is 14.1 Å². The SMILES string of the molecule is Nc1nc(F)nc2c1ncn2[C@@H]1O[C@@H]2CO[P+](=O)C[C@H]2[C@@H]1O. The zero-order valence-electron chi connectivity index (χ0n) is 11.2. The highest BCUT2D eigenvalue weighted by Gasteiger charge is 2.52. The molecule has 9 nitrogen and oxygen atoms in total. The third-order valence-corrected chi connectivity index (χ3v) is 5.12. The summed E-state index contributed by atoms with van der Waals surface area (Å²) in [4.78, 5) is 11.1. The molecule has 0 spiro atoms. The number of aliphatic hydroxyl groups excluding tert-OH is 1. The normalized spacial score (nSPS) is 33.3. The second-order valence-corrected chi connectivity index (χ2v) is 6.52. The molecule has 0 amide bonds. The lowest BCUT2D eigenvalue weighted by Gasteiger charge is -2.17. The second kappa shape index (κ2) is 4.88. The molecular formula is C11H12FN5O4P+. The zero-order valence-corrected chi connectivity index (χ0v) is 12.1. The summed E-state index contributed by atoms with van der Waals surface area (Å²) in [7, 11) is -1.79. The molecule has 5 atom stereocenters. The Bertz CT molecular complexity index is 770. The molecule has 1 unspecified atom stereocenters. The molecule has 22 heavy (non-hydrogen) atoms. The lowest BCUT2D eigenvalue weighted by atomic mass is 10.0. The van der Waals surface area contributed by atoms with E-state index in [1.807, 2.05) is 0 Å². The number of fused-ring (bicyclic) bond motifs is 2. The van der Waals surface area contributed by atoms with E-state index in [2.05, 4.69) is 15.0 Å². The monoisotopic (exact) mass is 328 g/mol. The number of halogens is 1. The van der Waals surface area contributed by atoms with Crippen molar-refractivity contribution in [1.29, 1.82) is 0 Å². The number of imidazole rings is 1. The van der Waals surface area contributed by atoms with Crippen LogP contribution >= 0.6 is 8.03 Å². The molecule has 2 aromatic heterocycles. The van der Waals surface area contributed by atoms with Crippen molar-refractivity contribution in [2.24, 2.45) is 5.92 Å². The number of anilines is 1. The number of ether oxygens (including phenoxy) is 1. The van der Waals surface area contributed by atoms with Crippen molar-refractivity contribution in [3.8, 4) is 0 Å². The maximum Gasteiger partial charge on any atom is 0.508 e. The number of hydrogen-bond donors (Lipinski definition) is 2. The van der Waals surface area contributed by atoms with E-state index in [1.54, 1.807) is 0 Å². The van der Waals surface area contributed by atoms with Gasteiger partial charge in [0.1, 0.15) is 12.7 Å². The average Bonchev–Trinajstić information content (AvgIpc) is 3.01. The first-order valence-electron chi connectivity index (χ1n) is 6.61. The van der Waals surface area contributed by atoms with Crippen LogP contribution in [0.25, 0.3) is 11.2 Å². The highest BCUT2D eigenvalue weighted by Crippen LogP contribution is 2.44. The van der Waals surface area contributed by atoms with Crippen molar-refractivity contribution < 1.29 is 23.3 Å². The van der Waals surface area contributed by atoms with E-state index in [1.165, 1.54) is 10.9 Å². The molecule has 0 aliphatic carbocycles. The fourth-order valence-corrected chi connectivity index (χ4v) is 4.10. The van der Waals surface area contributed by atoms with Crippen LogP contribution in [0.4, 0.5) is 10.2 Å². The first kappa shape index (κ1) is 13.9. The van der Waals surface area contributed by atoms with E-state index in [4.69, 9.17) is 15.0 Å². The van der Waals surface area contributed by atoms with Crippen molar-refractivity contribution in [3.05, 3.63) is 12.4 Å². The van der Waals surface area contributed by atoms with Gasteiger partial charge in [-0.25, -0.2) is 4.98 Å². The number of nitrogen functional groups attached to an aromatic ring is 1. The maximum absolute atomic E-state index is 13.4. The number of nitrogens with zero attached hydrogens (tertiary/aromatic N) is 4. The minimum Gasteiger partial charge on any atom is -0.388 e. The second-order valence-electron chi connectivity index (χ2n) is 5.23. The van der Waals surface area contributed by atoms with Crippen LogP contribution in [-0.4, -0.2) is 49.6 Å². The van der Waals surface area contributed by atoms with E-state index in [0.717, 1.165) is 0 Å². The van der Waals surface area contributed by atoms with Crippen molar-refractivity contribution in [3.63, 3.8) is 0 Å². The molecule has 3 N–H and O–H groups in total. The fraction of sp³-hybridized carbons (Fsp3) is 0.545. The van der Waals surface area contributed by atoms with Gasteiger partial charge in [0.05, 0.1) is 18.3 Å².